The van der Waals surface area contributed by atoms with Crippen molar-refractivity contribution in [3.05, 3.63) is 105 Å². The third-order valence-electron chi connectivity index (χ3n) is 4.86. The second kappa shape index (κ2) is 8.74. The number of anilines is 1. The molecule has 0 unspecified atom stereocenters. The number of rotatable bonds is 6. The van der Waals surface area contributed by atoms with Crippen LogP contribution >= 0.6 is 0 Å². The van der Waals surface area contributed by atoms with Crippen LogP contribution in [0.1, 0.15) is 5.56 Å². The molecule has 0 radical (unpaired) electrons. The topological polar surface area (TPSA) is 86.0 Å². The van der Waals surface area contributed by atoms with Crippen molar-refractivity contribution in [3.63, 3.8) is 0 Å². The molecule has 0 saturated heterocycles. The predicted octanol–water partition coefficient (Wildman–Crippen LogP) is 2.58. The second-order valence-corrected chi connectivity index (χ2v) is 6.99. The summed E-state index contributed by atoms with van der Waals surface area (Å²) in [6, 6.07) is 18.1. The molecule has 0 bridgehead atoms. The van der Waals surface area contributed by atoms with Gasteiger partial charge in [-0.15, -0.1) is 0 Å². The van der Waals surface area contributed by atoms with Crippen LogP contribution in [-0.2, 0) is 24.3 Å². The third kappa shape index (κ3) is 4.42. The zero-order valence-electron chi connectivity index (χ0n) is 16.5. The first-order chi connectivity index (χ1) is 15.0. The monoisotopic (exact) mass is 418 g/mol. The molecule has 1 amide bonds. The van der Waals surface area contributed by atoms with Crippen LogP contribution in [0.25, 0.3) is 11.0 Å². The van der Waals surface area contributed by atoms with E-state index in [0.717, 1.165) is 10.1 Å². The number of nitrogens with zero attached hydrogens (tertiary/aromatic N) is 3. The summed E-state index contributed by atoms with van der Waals surface area (Å²) < 4.78 is 15.7. The number of nitrogens with one attached hydrogen (secondary N) is 1. The van der Waals surface area contributed by atoms with Crippen molar-refractivity contribution in [1.82, 2.24) is 14.1 Å². The van der Waals surface area contributed by atoms with Gasteiger partial charge >= 0.3 is 5.69 Å². The molecular formula is C23H19FN4O3. The zero-order valence-corrected chi connectivity index (χ0v) is 16.5. The molecule has 0 atom stereocenters. The van der Waals surface area contributed by atoms with Gasteiger partial charge < -0.3 is 5.32 Å². The first kappa shape index (κ1) is 20.2. The van der Waals surface area contributed by atoms with E-state index < -0.39 is 23.0 Å². The molecule has 0 fully saturated rings. The summed E-state index contributed by atoms with van der Waals surface area (Å²) in [6.07, 6.45) is 1.94. The molecule has 2 heterocycles. The maximum Gasteiger partial charge on any atom is 0.332 e. The normalized spacial score (nSPS) is 10.9. The fourth-order valence-corrected chi connectivity index (χ4v) is 3.39. The minimum atomic E-state index is -0.601. The third-order valence-corrected chi connectivity index (χ3v) is 4.86. The molecule has 2 aromatic carbocycles. The smallest absolute Gasteiger partial charge is 0.324 e. The number of fused-ring (bicyclic) bond motifs is 1. The molecule has 0 aliphatic heterocycles. The quantitative estimate of drug-likeness (QED) is 0.522. The Morgan fingerprint density at radius 3 is 2.55 bits per heavy atom. The minimum absolute atomic E-state index is 0.105. The van der Waals surface area contributed by atoms with E-state index in [1.54, 1.807) is 18.2 Å². The molecule has 4 rings (SSSR count). The van der Waals surface area contributed by atoms with E-state index >= 15 is 0 Å². The Kier molecular flexibility index (Phi) is 5.70. The first-order valence-electron chi connectivity index (χ1n) is 9.70. The molecule has 0 spiro atoms. The number of benzene rings is 2. The molecule has 0 aliphatic rings. The summed E-state index contributed by atoms with van der Waals surface area (Å²) in [7, 11) is 0. The van der Waals surface area contributed by atoms with Crippen molar-refractivity contribution < 1.29 is 9.18 Å². The standard InChI is InChI=1S/C23H19FN4O3/c24-17-8-4-9-18(14-17)26-20(29)15-28-19-10-5-12-25-21(19)22(30)27(23(28)31)13-11-16-6-2-1-3-7-16/h1-10,12,14H,11,13,15H2,(H,26,29). The number of carbonyl (C=O) groups excluding carboxylic acids is 1. The van der Waals surface area contributed by atoms with Crippen LogP contribution in [0.3, 0.4) is 0 Å². The Hall–Kier alpha value is -4.07. The van der Waals surface area contributed by atoms with E-state index in [2.05, 4.69) is 10.3 Å². The molecule has 2 aromatic heterocycles. The molecule has 156 valence electrons. The van der Waals surface area contributed by atoms with E-state index in [4.69, 9.17) is 0 Å². The Balaban J connectivity index is 1.69. The van der Waals surface area contributed by atoms with E-state index in [-0.39, 0.29) is 29.8 Å². The van der Waals surface area contributed by atoms with Gasteiger partial charge in [-0.2, -0.15) is 0 Å². The SMILES string of the molecule is O=C(Cn1c(=O)n(CCc2ccccc2)c(=O)c2ncccc21)Nc1cccc(F)c1. The second-order valence-electron chi connectivity index (χ2n) is 6.99. The lowest BCUT2D eigenvalue weighted by atomic mass is 10.1. The highest BCUT2D eigenvalue weighted by Gasteiger charge is 2.16. The largest absolute Gasteiger partial charge is 0.332 e. The van der Waals surface area contributed by atoms with Gasteiger partial charge in [0.25, 0.3) is 5.56 Å². The highest BCUT2D eigenvalue weighted by molar-refractivity contribution is 5.91. The number of hydrogen-bond acceptors (Lipinski definition) is 4. The van der Waals surface area contributed by atoms with Crippen LogP contribution in [0.5, 0.6) is 0 Å². The van der Waals surface area contributed by atoms with E-state index in [1.807, 2.05) is 30.3 Å². The van der Waals surface area contributed by atoms with Gasteiger partial charge in [-0.3, -0.25) is 18.7 Å². The van der Waals surface area contributed by atoms with Crippen LogP contribution < -0.4 is 16.6 Å². The lowest BCUT2D eigenvalue weighted by Gasteiger charge is -2.14. The molecule has 31 heavy (non-hydrogen) atoms. The molecule has 0 aliphatic carbocycles. The molecule has 1 N–H and O–H groups in total. The van der Waals surface area contributed by atoms with Gasteiger partial charge in [0.2, 0.25) is 5.91 Å². The Labute approximate surface area is 176 Å². The van der Waals surface area contributed by atoms with Gasteiger partial charge in [0.05, 0.1) is 5.52 Å². The van der Waals surface area contributed by atoms with Crippen molar-refractivity contribution in [2.45, 2.75) is 19.5 Å². The molecule has 4 aromatic rings. The zero-order chi connectivity index (χ0) is 21.8. The van der Waals surface area contributed by atoms with Gasteiger partial charge in [-0.1, -0.05) is 36.4 Å². The van der Waals surface area contributed by atoms with Crippen LogP contribution in [0.15, 0.2) is 82.5 Å². The number of aromatic nitrogens is 3. The summed E-state index contributed by atoms with van der Waals surface area (Å²) in [5.41, 5.74) is 0.522. The summed E-state index contributed by atoms with van der Waals surface area (Å²) in [5.74, 6) is -1.01. The fraction of sp³-hybridized carbons (Fsp3) is 0.130. The van der Waals surface area contributed by atoms with Gasteiger partial charge in [-0.25, -0.2) is 14.2 Å². The lowest BCUT2D eigenvalue weighted by molar-refractivity contribution is -0.116. The Morgan fingerprint density at radius 2 is 1.77 bits per heavy atom. The van der Waals surface area contributed by atoms with Crippen molar-refractivity contribution >= 4 is 22.6 Å². The number of pyridine rings is 1. The molecule has 7 nitrogen and oxygen atoms in total. The minimum Gasteiger partial charge on any atom is -0.324 e. The number of aryl methyl sites for hydroxylation is 1. The van der Waals surface area contributed by atoms with Crippen molar-refractivity contribution in [3.8, 4) is 0 Å². The Morgan fingerprint density at radius 1 is 0.968 bits per heavy atom. The maximum atomic E-state index is 13.4. The number of halogens is 1. The highest BCUT2D eigenvalue weighted by Crippen LogP contribution is 2.10. The van der Waals surface area contributed by atoms with E-state index in [0.29, 0.717) is 6.42 Å². The van der Waals surface area contributed by atoms with Gasteiger partial charge in [0.15, 0.2) is 5.52 Å². The lowest BCUT2D eigenvalue weighted by Crippen LogP contribution is -2.42. The fourth-order valence-electron chi connectivity index (χ4n) is 3.39. The van der Waals surface area contributed by atoms with Gasteiger partial charge in [0, 0.05) is 18.4 Å². The van der Waals surface area contributed by atoms with Crippen molar-refractivity contribution in [2.24, 2.45) is 0 Å². The predicted molar refractivity (Wildman–Crippen MR) is 115 cm³/mol. The number of hydrogen-bond donors (Lipinski definition) is 1. The van der Waals surface area contributed by atoms with E-state index in [1.165, 1.54) is 29.0 Å². The van der Waals surface area contributed by atoms with Crippen LogP contribution in [-0.4, -0.2) is 20.0 Å². The van der Waals surface area contributed by atoms with Crippen LogP contribution in [0.4, 0.5) is 10.1 Å². The van der Waals surface area contributed by atoms with Gasteiger partial charge in [-0.05, 0) is 42.3 Å². The molecular weight excluding hydrogens is 399 g/mol. The van der Waals surface area contributed by atoms with Crippen molar-refractivity contribution in [1.29, 1.82) is 0 Å². The number of carbonyl (C=O) groups is 1. The summed E-state index contributed by atoms with van der Waals surface area (Å²) >= 11 is 0. The Bertz CT molecular complexity index is 1360. The summed E-state index contributed by atoms with van der Waals surface area (Å²) in [4.78, 5) is 42.7. The maximum absolute atomic E-state index is 13.4. The summed E-state index contributed by atoms with van der Waals surface area (Å²) in [6.45, 7) is -0.192. The molecule has 0 saturated carbocycles. The molecule has 8 heteroatoms. The van der Waals surface area contributed by atoms with Gasteiger partial charge in [0.1, 0.15) is 12.4 Å². The van der Waals surface area contributed by atoms with Crippen LogP contribution in [0, 0.1) is 5.82 Å². The average Bonchev–Trinajstić information content (AvgIpc) is 2.77. The number of amides is 1. The average molecular weight is 418 g/mol. The van der Waals surface area contributed by atoms with E-state index in [9.17, 15) is 18.8 Å². The van der Waals surface area contributed by atoms with Crippen molar-refractivity contribution in [2.75, 3.05) is 5.32 Å². The summed E-state index contributed by atoms with van der Waals surface area (Å²) in [5, 5.41) is 2.57. The van der Waals surface area contributed by atoms with Crippen LogP contribution in [0.2, 0.25) is 0 Å². The first-order valence-corrected chi connectivity index (χ1v) is 9.70. The highest BCUT2D eigenvalue weighted by atomic mass is 19.1.